The molecular formula is C20H21N3OS. The Morgan fingerprint density at radius 3 is 2.56 bits per heavy atom. The van der Waals surface area contributed by atoms with Gasteiger partial charge in [0.25, 0.3) is 0 Å². The fraction of sp³-hybridized carbons (Fsp3) is 0.200. The predicted molar refractivity (Wildman–Crippen MR) is 104 cm³/mol. The van der Waals surface area contributed by atoms with Crippen molar-refractivity contribution in [2.24, 2.45) is 0 Å². The molecule has 0 fully saturated rings. The number of hydrogen-bond donors (Lipinski definition) is 1. The van der Waals surface area contributed by atoms with Crippen LogP contribution in [-0.2, 0) is 4.79 Å². The van der Waals surface area contributed by atoms with Gasteiger partial charge in [-0.1, -0.05) is 41.6 Å². The molecule has 4 nitrogen and oxygen atoms in total. The molecule has 0 bridgehead atoms. The van der Waals surface area contributed by atoms with Gasteiger partial charge in [-0.05, 0) is 50.1 Å². The minimum absolute atomic E-state index is 0.0376. The van der Waals surface area contributed by atoms with Gasteiger partial charge >= 0.3 is 0 Å². The van der Waals surface area contributed by atoms with Gasteiger partial charge in [-0.15, -0.1) is 0 Å². The van der Waals surface area contributed by atoms with Crippen LogP contribution in [0.5, 0.6) is 0 Å². The lowest BCUT2D eigenvalue weighted by atomic mass is 10.1. The molecule has 1 amide bonds. The first kappa shape index (κ1) is 17.3. The number of rotatable bonds is 5. The summed E-state index contributed by atoms with van der Waals surface area (Å²) in [5.41, 5.74) is 5.45. The number of amides is 1. The van der Waals surface area contributed by atoms with Gasteiger partial charge in [0.05, 0.1) is 11.4 Å². The minimum Gasteiger partial charge on any atom is -0.325 e. The van der Waals surface area contributed by atoms with E-state index in [1.54, 1.807) is 6.20 Å². The number of nitrogens with one attached hydrogen (secondary N) is 1. The molecule has 0 saturated heterocycles. The number of carbonyl (C=O) groups excluding carboxylic acids is 1. The van der Waals surface area contributed by atoms with Crippen molar-refractivity contribution in [3.8, 4) is 5.69 Å². The van der Waals surface area contributed by atoms with Crippen LogP contribution in [-0.4, -0.2) is 21.2 Å². The molecule has 0 spiro atoms. The van der Waals surface area contributed by atoms with E-state index in [0.717, 1.165) is 16.5 Å². The smallest absolute Gasteiger partial charge is 0.234 e. The van der Waals surface area contributed by atoms with E-state index in [2.05, 4.69) is 42.3 Å². The minimum atomic E-state index is -0.0376. The Bertz CT molecular complexity index is 884. The second-order valence-corrected chi connectivity index (χ2v) is 7.02. The van der Waals surface area contributed by atoms with Crippen molar-refractivity contribution in [3.63, 3.8) is 0 Å². The van der Waals surface area contributed by atoms with Crippen LogP contribution < -0.4 is 5.32 Å². The summed E-state index contributed by atoms with van der Waals surface area (Å²) in [6.07, 6.45) is 3.70. The highest BCUT2D eigenvalue weighted by atomic mass is 32.2. The fourth-order valence-corrected chi connectivity index (χ4v) is 3.29. The van der Waals surface area contributed by atoms with Gasteiger partial charge in [0.15, 0.2) is 5.16 Å². The molecule has 3 aromatic rings. The van der Waals surface area contributed by atoms with E-state index in [1.165, 1.54) is 28.5 Å². The molecule has 0 aliphatic carbocycles. The van der Waals surface area contributed by atoms with Gasteiger partial charge < -0.3 is 5.32 Å². The van der Waals surface area contributed by atoms with E-state index in [4.69, 9.17) is 0 Å². The van der Waals surface area contributed by atoms with E-state index >= 15 is 0 Å². The molecule has 3 rings (SSSR count). The van der Waals surface area contributed by atoms with E-state index in [-0.39, 0.29) is 5.91 Å². The molecular weight excluding hydrogens is 330 g/mol. The van der Waals surface area contributed by atoms with Crippen molar-refractivity contribution in [2.45, 2.75) is 25.9 Å². The molecule has 0 aliphatic rings. The summed E-state index contributed by atoms with van der Waals surface area (Å²) in [5, 5.41) is 3.73. The molecule has 1 aromatic heterocycles. The second-order valence-electron chi connectivity index (χ2n) is 6.07. The predicted octanol–water partition coefficient (Wildman–Crippen LogP) is 4.53. The third-order valence-corrected chi connectivity index (χ3v) is 4.87. The first-order valence-corrected chi connectivity index (χ1v) is 9.12. The third kappa shape index (κ3) is 4.31. The number of benzene rings is 2. The SMILES string of the molecule is Cc1ccc(NC(=O)CSc2nccn2-c2cc(C)ccc2C)cc1. The van der Waals surface area contributed by atoms with Crippen LogP contribution in [0.2, 0.25) is 0 Å². The second kappa shape index (κ2) is 7.57. The van der Waals surface area contributed by atoms with E-state index < -0.39 is 0 Å². The van der Waals surface area contributed by atoms with Crippen LogP contribution in [0, 0.1) is 20.8 Å². The Labute approximate surface area is 152 Å². The highest BCUT2D eigenvalue weighted by Gasteiger charge is 2.11. The molecule has 0 saturated carbocycles. The Hall–Kier alpha value is -2.53. The van der Waals surface area contributed by atoms with Crippen molar-refractivity contribution in [3.05, 3.63) is 71.5 Å². The summed E-state index contributed by atoms with van der Waals surface area (Å²) in [5.74, 6) is 0.278. The molecule has 0 atom stereocenters. The maximum atomic E-state index is 12.2. The molecule has 0 aliphatic heterocycles. The summed E-state index contributed by atoms with van der Waals surface area (Å²) in [4.78, 5) is 16.6. The van der Waals surface area contributed by atoms with E-state index in [1.807, 2.05) is 42.0 Å². The zero-order valence-corrected chi connectivity index (χ0v) is 15.4. The van der Waals surface area contributed by atoms with Crippen molar-refractivity contribution in [1.82, 2.24) is 9.55 Å². The first-order valence-electron chi connectivity index (χ1n) is 8.13. The van der Waals surface area contributed by atoms with Gasteiger partial charge in [-0.25, -0.2) is 4.98 Å². The van der Waals surface area contributed by atoms with Crippen molar-refractivity contribution in [2.75, 3.05) is 11.1 Å². The molecule has 128 valence electrons. The van der Waals surface area contributed by atoms with Gasteiger partial charge in [0.1, 0.15) is 0 Å². The number of aryl methyl sites for hydroxylation is 3. The summed E-state index contributed by atoms with van der Waals surface area (Å²) in [7, 11) is 0. The highest BCUT2D eigenvalue weighted by molar-refractivity contribution is 7.99. The van der Waals surface area contributed by atoms with Gasteiger partial charge in [-0.2, -0.15) is 0 Å². The van der Waals surface area contributed by atoms with E-state index in [9.17, 15) is 4.79 Å². The van der Waals surface area contributed by atoms with Crippen molar-refractivity contribution < 1.29 is 4.79 Å². The lowest BCUT2D eigenvalue weighted by Gasteiger charge is -2.11. The molecule has 1 N–H and O–H groups in total. The van der Waals surface area contributed by atoms with Crippen molar-refractivity contribution in [1.29, 1.82) is 0 Å². The van der Waals surface area contributed by atoms with E-state index in [0.29, 0.717) is 5.75 Å². The Morgan fingerprint density at radius 2 is 1.80 bits per heavy atom. The lowest BCUT2D eigenvalue weighted by molar-refractivity contribution is -0.113. The van der Waals surface area contributed by atoms with Crippen molar-refractivity contribution >= 4 is 23.4 Å². The number of anilines is 1. The molecule has 5 heteroatoms. The number of nitrogens with zero attached hydrogens (tertiary/aromatic N) is 2. The molecule has 25 heavy (non-hydrogen) atoms. The quantitative estimate of drug-likeness (QED) is 0.687. The van der Waals surface area contributed by atoms with Gasteiger partial charge in [-0.3, -0.25) is 9.36 Å². The fourth-order valence-electron chi connectivity index (χ4n) is 2.52. The summed E-state index contributed by atoms with van der Waals surface area (Å²) >= 11 is 1.43. The number of imidazole rings is 1. The zero-order valence-electron chi connectivity index (χ0n) is 14.6. The number of hydrogen-bond acceptors (Lipinski definition) is 3. The van der Waals surface area contributed by atoms with Gasteiger partial charge in [0.2, 0.25) is 5.91 Å². The zero-order chi connectivity index (χ0) is 17.8. The van der Waals surface area contributed by atoms with Gasteiger partial charge in [0, 0.05) is 18.1 Å². The molecule has 2 aromatic carbocycles. The summed E-state index contributed by atoms with van der Waals surface area (Å²) < 4.78 is 2.03. The maximum Gasteiger partial charge on any atom is 0.234 e. The topological polar surface area (TPSA) is 46.9 Å². The van der Waals surface area contributed by atoms with Crippen LogP contribution in [0.15, 0.2) is 60.0 Å². The lowest BCUT2D eigenvalue weighted by Crippen LogP contribution is -2.14. The van der Waals surface area contributed by atoms with Crippen LogP contribution >= 0.6 is 11.8 Å². The average Bonchev–Trinajstić information content (AvgIpc) is 3.05. The van der Waals surface area contributed by atoms with Crippen LogP contribution in [0.3, 0.4) is 0 Å². The third-order valence-electron chi connectivity index (χ3n) is 3.90. The summed E-state index contributed by atoms with van der Waals surface area (Å²) in [6, 6.07) is 14.1. The Balaban J connectivity index is 1.68. The first-order chi connectivity index (χ1) is 12.0. The number of carbonyl (C=O) groups is 1. The number of thioether (sulfide) groups is 1. The Morgan fingerprint density at radius 1 is 1.08 bits per heavy atom. The average molecular weight is 351 g/mol. The largest absolute Gasteiger partial charge is 0.325 e. The number of aromatic nitrogens is 2. The normalized spacial score (nSPS) is 10.7. The van der Waals surface area contributed by atoms with Crippen LogP contribution in [0.4, 0.5) is 5.69 Å². The monoisotopic (exact) mass is 351 g/mol. The van der Waals surface area contributed by atoms with Crippen LogP contribution in [0.25, 0.3) is 5.69 Å². The summed E-state index contributed by atoms with van der Waals surface area (Å²) in [6.45, 7) is 6.17. The highest BCUT2D eigenvalue weighted by Crippen LogP contribution is 2.23. The molecule has 0 unspecified atom stereocenters. The van der Waals surface area contributed by atoms with Crippen LogP contribution in [0.1, 0.15) is 16.7 Å². The Kier molecular flexibility index (Phi) is 5.24. The molecule has 1 heterocycles. The molecule has 0 radical (unpaired) electrons. The standard InChI is InChI=1S/C20H21N3OS/c1-14-5-8-17(9-6-14)22-19(24)13-25-20-21-10-11-23(20)18-12-15(2)4-7-16(18)3/h4-12H,13H2,1-3H3,(H,22,24). The maximum absolute atomic E-state index is 12.2.